The fourth-order valence-electron chi connectivity index (χ4n) is 1.62. The number of nitrogens with zero attached hydrogens (tertiary/aromatic N) is 1. The van der Waals surface area contributed by atoms with Gasteiger partial charge in [-0.3, -0.25) is 0 Å². The van der Waals surface area contributed by atoms with E-state index in [-0.39, 0.29) is 0 Å². The second-order valence-corrected chi connectivity index (χ2v) is 3.73. The number of aryl methyl sites for hydroxylation is 1. The number of hydrogen-bond donors (Lipinski definition) is 2. The van der Waals surface area contributed by atoms with Crippen molar-refractivity contribution in [2.24, 2.45) is 0 Å². The van der Waals surface area contributed by atoms with Gasteiger partial charge in [-0.1, -0.05) is 5.16 Å². The van der Waals surface area contributed by atoms with Crippen LogP contribution in [0.2, 0.25) is 0 Å². The molecule has 14 heavy (non-hydrogen) atoms. The maximum atomic E-state index is 10.7. The number of aliphatic hydroxyl groups is 1. The Hall–Kier alpha value is -1.36. The Balaban J connectivity index is 2.29. The molecule has 1 heterocycles. The van der Waals surface area contributed by atoms with Gasteiger partial charge in [0, 0.05) is 6.07 Å². The molecule has 1 aromatic heterocycles. The third kappa shape index (κ3) is 1.21. The average Bonchev–Trinajstić information content (AvgIpc) is 2.83. The van der Waals surface area contributed by atoms with E-state index in [1.54, 1.807) is 13.0 Å². The van der Waals surface area contributed by atoms with Gasteiger partial charge in [-0.15, -0.1) is 0 Å². The minimum absolute atomic E-state index is 0.477. The molecule has 0 aromatic carbocycles. The van der Waals surface area contributed by atoms with Crippen LogP contribution in [-0.4, -0.2) is 27.4 Å². The number of rotatable bonds is 3. The van der Waals surface area contributed by atoms with E-state index < -0.39 is 17.5 Å². The van der Waals surface area contributed by atoms with Gasteiger partial charge in [-0.25, -0.2) is 4.79 Å². The van der Waals surface area contributed by atoms with Crippen LogP contribution in [0.3, 0.4) is 0 Å². The number of aliphatic carboxylic acids is 1. The molecule has 1 atom stereocenters. The molecule has 0 saturated heterocycles. The van der Waals surface area contributed by atoms with E-state index in [0.717, 1.165) is 0 Å². The van der Waals surface area contributed by atoms with Gasteiger partial charge >= 0.3 is 5.97 Å². The van der Waals surface area contributed by atoms with Gasteiger partial charge in [0.15, 0.2) is 6.10 Å². The fraction of sp³-hybridized carbons (Fsp3) is 0.556. The van der Waals surface area contributed by atoms with Crippen LogP contribution in [0.15, 0.2) is 10.6 Å². The quantitative estimate of drug-likeness (QED) is 0.735. The molecular formula is C9H11NO4. The van der Waals surface area contributed by atoms with Crippen LogP contribution < -0.4 is 0 Å². The molecule has 1 aliphatic rings. The standard InChI is InChI=1S/C9H11NO4/c1-5-4-6(14-10-5)9(2-3-9)7(11)8(12)13/h4,7,11H,2-3H2,1H3,(H,12,13). The van der Waals surface area contributed by atoms with E-state index in [9.17, 15) is 9.90 Å². The van der Waals surface area contributed by atoms with Crippen molar-refractivity contribution >= 4 is 5.97 Å². The van der Waals surface area contributed by atoms with Crippen molar-refractivity contribution in [3.05, 3.63) is 17.5 Å². The highest BCUT2D eigenvalue weighted by molar-refractivity contribution is 5.75. The first-order valence-corrected chi connectivity index (χ1v) is 4.41. The molecule has 2 rings (SSSR count). The van der Waals surface area contributed by atoms with Crippen molar-refractivity contribution in [2.45, 2.75) is 31.3 Å². The Kier molecular flexibility index (Phi) is 1.85. The summed E-state index contributed by atoms with van der Waals surface area (Å²) in [7, 11) is 0. The fourth-order valence-corrected chi connectivity index (χ4v) is 1.62. The zero-order valence-corrected chi connectivity index (χ0v) is 7.73. The van der Waals surface area contributed by atoms with Crippen LogP contribution in [-0.2, 0) is 10.2 Å². The van der Waals surface area contributed by atoms with Gasteiger partial charge in [0.2, 0.25) is 0 Å². The second-order valence-electron chi connectivity index (χ2n) is 3.73. The molecule has 1 aliphatic carbocycles. The van der Waals surface area contributed by atoms with Crippen molar-refractivity contribution in [2.75, 3.05) is 0 Å². The largest absolute Gasteiger partial charge is 0.479 e. The van der Waals surface area contributed by atoms with Crippen LogP contribution >= 0.6 is 0 Å². The average molecular weight is 197 g/mol. The zero-order valence-electron chi connectivity index (χ0n) is 7.73. The van der Waals surface area contributed by atoms with Crippen molar-refractivity contribution in [1.29, 1.82) is 0 Å². The summed E-state index contributed by atoms with van der Waals surface area (Å²) in [6.45, 7) is 1.76. The van der Waals surface area contributed by atoms with Crippen molar-refractivity contribution in [3.8, 4) is 0 Å². The summed E-state index contributed by atoms with van der Waals surface area (Å²) < 4.78 is 4.99. The van der Waals surface area contributed by atoms with E-state index in [0.29, 0.717) is 24.3 Å². The minimum Gasteiger partial charge on any atom is -0.479 e. The topological polar surface area (TPSA) is 83.6 Å². The molecule has 5 heteroatoms. The molecule has 0 radical (unpaired) electrons. The summed E-state index contributed by atoms with van der Waals surface area (Å²) in [6, 6.07) is 1.68. The molecule has 0 aliphatic heterocycles. The molecule has 5 nitrogen and oxygen atoms in total. The highest BCUT2D eigenvalue weighted by Gasteiger charge is 2.56. The summed E-state index contributed by atoms with van der Waals surface area (Å²) in [5.41, 5.74) is -0.0311. The Morgan fingerprint density at radius 2 is 2.36 bits per heavy atom. The number of aliphatic hydroxyl groups excluding tert-OH is 1. The van der Waals surface area contributed by atoms with E-state index in [2.05, 4.69) is 5.16 Å². The zero-order chi connectivity index (χ0) is 10.3. The minimum atomic E-state index is -1.39. The van der Waals surface area contributed by atoms with E-state index in [1.165, 1.54) is 0 Å². The molecular weight excluding hydrogens is 186 g/mol. The normalized spacial score (nSPS) is 20.4. The maximum absolute atomic E-state index is 10.7. The third-order valence-electron chi connectivity index (χ3n) is 2.66. The molecule has 1 fully saturated rings. The lowest BCUT2D eigenvalue weighted by Crippen LogP contribution is -2.33. The summed E-state index contributed by atoms with van der Waals surface area (Å²) in [4.78, 5) is 10.7. The molecule has 1 aromatic rings. The predicted molar refractivity (Wildman–Crippen MR) is 45.8 cm³/mol. The Bertz CT molecular complexity index is 367. The smallest absolute Gasteiger partial charge is 0.333 e. The highest BCUT2D eigenvalue weighted by atomic mass is 16.5. The number of carboxylic acid groups (broad SMARTS) is 1. The van der Waals surface area contributed by atoms with Gasteiger partial charge in [-0.2, -0.15) is 0 Å². The summed E-state index contributed by atoms with van der Waals surface area (Å²) in [5.74, 6) is -0.735. The molecule has 0 amide bonds. The van der Waals surface area contributed by atoms with E-state index in [4.69, 9.17) is 9.63 Å². The number of carboxylic acids is 1. The second kappa shape index (κ2) is 2.81. The van der Waals surface area contributed by atoms with E-state index in [1.807, 2.05) is 0 Å². The number of carbonyl (C=O) groups is 1. The number of hydrogen-bond acceptors (Lipinski definition) is 4. The van der Waals surface area contributed by atoms with Gasteiger partial charge < -0.3 is 14.7 Å². The van der Waals surface area contributed by atoms with Crippen LogP contribution in [0.5, 0.6) is 0 Å². The molecule has 76 valence electrons. The van der Waals surface area contributed by atoms with Crippen LogP contribution in [0.1, 0.15) is 24.3 Å². The lowest BCUT2D eigenvalue weighted by Gasteiger charge is -2.14. The van der Waals surface area contributed by atoms with Crippen molar-refractivity contribution in [1.82, 2.24) is 5.16 Å². The van der Waals surface area contributed by atoms with Crippen LogP contribution in [0, 0.1) is 6.92 Å². The van der Waals surface area contributed by atoms with Gasteiger partial charge in [0.25, 0.3) is 0 Å². The summed E-state index contributed by atoms with van der Waals surface area (Å²) in [6.07, 6.45) is -0.126. The van der Waals surface area contributed by atoms with Crippen molar-refractivity contribution < 1.29 is 19.5 Å². The summed E-state index contributed by atoms with van der Waals surface area (Å²) in [5, 5.41) is 21.9. The SMILES string of the molecule is Cc1cc(C2(C(O)C(=O)O)CC2)on1. The maximum Gasteiger partial charge on any atom is 0.333 e. The van der Waals surface area contributed by atoms with Gasteiger partial charge in [0.1, 0.15) is 5.76 Å². The molecule has 0 spiro atoms. The summed E-state index contributed by atoms with van der Waals surface area (Å²) >= 11 is 0. The first-order valence-electron chi connectivity index (χ1n) is 4.41. The van der Waals surface area contributed by atoms with E-state index >= 15 is 0 Å². The first kappa shape index (κ1) is 9.21. The number of aromatic nitrogens is 1. The predicted octanol–water partition coefficient (Wildman–Crippen LogP) is 0.460. The van der Waals surface area contributed by atoms with Crippen LogP contribution in [0.25, 0.3) is 0 Å². The molecule has 0 bridgehead atoms. The Morgan fingerprint density at radius 3 is 2.71 bits per heavy atom. The lowest BCUT2D eigenvalue weighted by molar-refractivity contribution is -0.148. The van der Waals surface area contributed by atoms with Gasteiger partial charge in [-0.05, 0) is 19.8 Å². The lowest BCUT2D eigenvalue weighted by atomic mass is 9.96. The Labute approximate surface area is 80.3 Å². The first-order chi connectivity index (χ1) is 6.56. The Morgan fingerprint density at radius 1 is 1.71 bits per heavy atom. The molecule has 1 saturated carbocycles. The van der Waals surface area contributed by atoms with Crippen LogP contribution in [0.4, 0.5) is 0 Å². The third-order valence-corrected chi connectivity index (χ3v) is 2.66. The monoisotopic (exact) mass is 197 g/mol. The molecule has 2 N–H and O–H groups in total. The highest BCUT2D eigenvalue weighted by Crippen LogP contribution is 2.51. The van der Waals surface area contributed by atoms with Gasteiger partial charge in [0.05, 0.1) is 11.1 Å². The van der Waals surface area contributed by atoms with Crippen molar-refractivity contribution in [3.63, 3.8) is 0 Å². The molecule has 1 unspecified atom stereocenters.